The first kappa shape index (κ1) is 12.2. The Balaban J connectivity index is 2.31. The maximum Gasteiger partial charge on any atom is 0.131 e. The van der Waals surface area contributed by atoms with Gasteiger partial charge in [0.15, 0.2) is 0 Å². The van der Waals surface area contributed by atoms with Crippen LogP contribution < -0.4 is 0 Å². The third-order valence-electron chi connectivity index (χ3n) is 3.03. The molecule has 3 heterocycles. The van der Waals surface area contributed by atoms with Crippen LogP contribution in [0.15, 0.2) is 24.7 Å². The van der Waals surface area contributed by atoms with E-state index in [1.165, 1.54) is 0 Å². The van der Waals surface area contributed by atoms with Gasteiger partial charge in [0, 0.05) is 42.5 Å². The number of fused-ring (bicyclic) bond motifs is 1. The lowest BCUT2D eigenvalue weighted by molar-refractivity contribution is 0.552. The highest BCUT2D eigenvalue weighted by molar-refractivity contribution is 6.30. The molecule has 0 aromatic carbocycles. The fourth-order valence-corrected chi connectivity index (χ4v) is 2.31. The second kappa shape index (κ2) is 4.35. The Kier molecular flexibility index (Phi) is 2.78. The number of pyridine rings is 1. The molecule has 6 heteroatoms. The van der Waals surface area contributed by atoms with Gasteiger partial charge in [0.1, 0.15) is 10.8 Å². The van der Waals surface area contributed by atoms with Gasteiger partial charge in [-0.1, -0.05) is 11.6 Å². The Hall–Kier alpha value is -1.88. The highest BCUT2D eigenvalue weighted by atomic mass is 35.5. The zero-order valence-electron chi connectivity index (χ0n) is 11.0. The van der Waals surface area contributed by atoms with E-state index in [1.54, 1.807) is 17.1 Å². The molecule has 98 valence electrons. The van der Waals surface area contributed by atoms with E-state index in [4.69, 9.17) is 11.6 Å². The van der Waals surface area contributed by atoms with Crippen molar-refractivity contribution in [1.29, 1.82) is 0 Å². The second-order valence-electron chi connectivity index (χ2n) is 4.81. The summed E-state index contributed by atoms with van der Waals surface area (Å²) in [4.78, 5) is 4.16. The van der Waals surface area contributed by atoms with Crippen LogP contribution in [-0.2, 0) is 7.05 Å². The molecule has 3 aromatic heterocycles. The smallest absolute Gasteiger partial charge is 0.131 e. The van der Waals surface area contributed by atoms with E-state index in [-0.39, 0.29) is 6.04 Å². The molecule has 0 aliphatic carbocycles. The van der Waals surface area contributed by atoms with E-state index in [9.17, 15) is 0 Å². The molecular weight excluding hydrogens is 262 g/mol. The second-order valence-corrected chi connectivity index (χ2v) is 5.20. The van der Waals surface area contributed by atoms with Gasteiger partial charge in [0.2, 0.25) is 0 Å². The van der Waals surface area contributed by atoms with Gasteiger partial charge in [0.05, 0.1) is 11.7 Å². The van der Waals surface area contributed by atoms with Crippen molar-refractivity contribution in [2.24, 2.45) is 7.05 Å². The number of hydrogen-bond donors (Lipinski definition) is 0. The number of nitrogens with zero attached hydrogens (tertiary/aromatic N) is 5. The molecule has 3 aromatic rings. The van der Waals surface area contributed by atoms with Crippen LogP contribution in [-0.4, -0.2) is 24.5 Å². The zero-order valence-corrected chi connectivity index (χ0v) is 11.8. The predicted molar refractivity (Wildman–Crippen MR) is 75.1 cm³/mol. The fraction of sp³-hybridized carbons (Fsp3) is 0.308. The number of hydrogen-bond acceptors (Lipinski definition) is 3. The summed E-state index contributed by atoms with van der Waals surface area (Å²) in [5, 5.41) is 10.3. The van der Waals surface area contributed by atoms with E-state index < -0.39 is 0 Å². The minimum Gasteiger partial charge on any atom is -0.275 e. The first-order valence-corrected chi connectivity index (χ1v) is 6.47. The minimum absolute atomic E-state index is 0.256. The lowest BCUT2D eigenvalue weighted by Gasteiger charge is -2.06. The molecule has 0 bridgehead atoms. The maximum atomic E-state index is 5.99. The largest absolute Gasteiger partial charge is 0.275 e. The lowest BCUT2D eigenvalue weighted by Crippen LogP contribution is -2.02. The van der Waals surface area contributed by atoms with Crippen LogP contribution in [0, 0.1) is 0 Å². The molecule has 0 aliphatic heterocycles. The van der Waals surface area contributed by atoms with Crippen LogP contribution in [0.4, 0.5) is 0 Å². The lowest BCUT2D eigenvalue weighted by atomic mass is 10.2. The molecule has 5 nitrogen and oxygen atoms in total. The molecule has 0 amide bonds. The molecule has 0 spiro atoms. The molecule has 0 saturated carbocycles. The maximum absolute atomic E-state index is 5.99. The highest BCUT2D eigenvalue weighted by Crippen LogP contribution is 2.30. The van der Waals surface area contributed by atoms with Crippen molar-refractivity contribution in [3.63, 3.8) is 0 Å². The summed E-state index contributed by atoms with van der Waals surface area (Å²) < 4.78 is 3.73. The Labute approximate surface area is 115 Å². The van der Waals surface area contributed by atoms with Crippen LogP contribution in [0.5, 0.6) is 0 Å². The SMILES string of the molecule is CC(C)n1nc(-c2cnn(C)c2)c2cnc(Cl)cc21. The van der Waals surface area contributed by atoms with E-state index in [2.05, 4.69) is 29.0 Å². The summed E-state index contributed by atoms with van der Waals surface area (Å²) in [6.45, 7) is 4.18. The van der Waals surface area contributed by atoms with E-state index >= 15 is 0 Å². The van der Waals surface area contributed by atoms with Crippen LogP contribution in [0.2, 0.25) is 5.15 Å². The van der Waals surface area contributed by atoms with E-state index in [1.807, 2.05) is 24.0 Å². The zero-order chi connectivity index (χ0) is 13.6. The molecule has 0 radical (unpaired) electrons. The average molecular weight is 276 g/mol. The predicted octanol–water partition coefficient (Wildman–Crippen LogP) is 3.07. The molecular formula is C13H14ClN5. The van der Waals surface area contributed by atoms with Crippen LogP contribution in [0.3, 0.4) is 0 Å². The summed E-state index contributed by atoms with van der Waals surface area (Å²) in [5.41, 5.74) is 2.87. The van der Waals surface area contributed by atoms with Gasteiger partial charge in [0.25, 0.3) is 0 Å². The Bertz CT molecular complexity index is 741. The van der Waals surface area contributed by atoms with E-state index in [0.717, 1.165) is 22.2 Å². The third-order valence-corrected chi connectivity index (χ3v) is 3.23. The number of aromatic nitrogens is 5. The Morgan fingerprint density at radius 1 is 1.26 bits per heavy atom. The van der Waals surface area contributed by atoms with Crippen molar-refractivity contribution < 1.29 is 0 Å². The number of halogens is 1. The van der Waals surface area contributed by atoms with Gasteiger partial charge >= 0.3 is 0 Å². The first-order chi connectivity index (χ1) is 9.06. The highest BCUT2D eigenvalue weighted by Gasteiger charge is 2.16. The third kappa shape index (κ3) is 2.00. The molecule has 3 rings (SSSR count). The number of rotatable bonds is 2. The quantitative estimate of drug-likeness (QED) is 0.675. The summed E-state index contributed by atoms with van der Waals surface area (Å²) in [6.07, 6.45) is 5.52. The molecule has 0 aliphatic rings. The standard InChI is InChI=1S/C13H14ClN5/c1-8(2)19-11-4-12(14)15-6-10(11)13(17-19)9-5-16-18(3)7-9/h4-8H,1-3H3. The summed E-state index contributed by atoms with van der Waals surface area (Å²) in [7, 11) is 1.89. The van der Waals surface area contributed by atoms with Gasteiger partial charge in [-0.3, -0.25) is 9.36 Å². The van der Waals surface area contributed by atoms with Crippen LogP contribution >= 0.6 is 11.6 Å². The molecule has 0 unspecified atom stereocenters. The average Bonchev–Trinajstić information content (AvgIpc) is 2.92. The molecule has 19 heavy (non-hydrogen) atoms. The monoisotopic (exact) mass is 275 g/mol. The van der Waals surface area contributed by atoms with Crippen molar-refractivity contribution in [3.8, 4) is 11.3 Å². The van der Waals surface area contributed by atoms with E-state index in [0.29, 0.717) is 5.15 Å². The van der Waals surface area contributed by atoms with Gasteiger partial charge in [-0.15, -0.1) is 0 Å². The van der Waals surface area contributed by atoms with Crippen LogP contribution in [0.1, 0.15) is 19.9 Å². The van der Waals surface area contributed by atoms with Crippen molar-refractivity contribution in [2.75, 3.05) is 0 Å². The molecule has 0 atom stereocenters. The van der Waals surface area contributed by atoms with Gasteiger partial charge in [-0.05, 0) is 13.8 Å². The van der Waals surface area contributed by atoms with Gasteiger partial charge < -0.3 is 0 Å². The molecule has 0 fully saturated rings. The number of aryl methyl sites for hydroxylation is 1. The molecule has 0 saturated heterocycles. The Morgan fingerprint density at radius 3 is 2.68 bits per heavy atom. The van der Waals surface area contributed by atoms with Gasteiger partial charge in [-0.2, -0.15) is 10.2 Å². The normalized spacial score (nSPS) is 11.6. The molecule has 0 N–H and O–H groups in total. The van der Waals surface area contributed by atoms with Crippen LogP contribution in [0.25, 0.3) is 22.2 Å². The van der Waals surface area contributed by atoms with Gasteiger partial charge in [-0.25, -0.2) is 4.98 Å². The van der Waals surface area contributed by atoms with Crippen molar-refractivity contribution in [1.82, 2.24) is 24.5 Å². The summed E-state index contributed by atoms with van der Waals surface area (Å²) in [5.74, 6) is 0. The van der Waals surface area contributed by atoms with Crippen molar-refractivity contribution in [2.45, 2.75) is 19.9 Å². The summed E-state index contributed by atoms with van der Waals surface area (Å²) in [6, 6.07) is 2.11. The summed E-state index contributed by atoms with van der Waals surface area (Å²) >= 11 is 5.99. The minimum atomic E-state index is 0.256. The van der Waals surface area contributed by atoms with Crippen molar-refractivity contribution in [3.05, 3.63) is 29.8 Å². The Morgan fingerprint density at radius 2 is 2.05 bits per heavy atom. The fourth-order valence-electron chi connectivity index (χ4n) is 2.16. The topological polar surface area (TPSA) is 48.5 Å². The first-order valence-electron chi connectivity index (χ1n) is 6.09. The van der Waals surface area contributed by atoms with Crippen molar-refractivity contribution >= 4 is 22.5 Å².